The van der Waals surface area contributed by atoms with Crippen molar-refractivity contribution in [3.05, 3.63) is 80.3 Å². The van der Waals surface area contributed by atoms with Gasteiger partial charge in [-0.3, -0.25) is 14.2 Å². The molecule has 1 N–H and O–H groups in total. The highest BCUT2D eigenvalue weighted by Gasteiger charge is 2.27. The molecule has 4 rings (SSSR count). The Hall–Kier alpha value is -3.34. The van der Waals surface area contributed by atoms with Gasteiger partial charge in [0, 0.05) is 22.5 Å². The van der Waals surface area contributed by atoms with Crippen LogP contribution in [0.3, 0.4) is 0 Å². The van der Waals surface area contributed by atoms with Gasteiger partial charge in [-0.1, -0.05) is 26.0 Å². The Morgan fingerprint density at radius 3 is 2.38 bits per heavy atom. The van der Waals surface area contributed by atoms with Crippen molar-refractivity contribution in [1.29, 1.82) is 0 Å². The Morgan fingerprint density at radius 1 is 1.03 bits per heavy atom. The Morgan fingerprint density at radius 2 is 1.74 bits per heavy atom. The standard InChI is InChI=1S/C27H29NO4.C2H6/c1-15-8-10-22(13-16(15)2)28-19(5)25(24(17(3)26(28)29)18(4)27(30)31)21-9-11-23-20(14-21)7-6-12-32-23;1-2/h8-11,13-14,18H,6-7,12H2,1-5H3,(H,30,31);1-2H3. The number of aliphatic carboxylic acids is 1. The second-order valence-corrected chi connectivity index (χ2v) is 8.74. The summed E-state index contributed by atoms with van der Waals surface area (Å²) in [5, 5.41) is 9.83. The van der Waals surface area contributed by atoms with Gasteiger partial charge in [0.15, 0.2) is 0 Å². The van der Waals surface area contributed by atoms with Gasteiger partial charge in [-0.05, 0) is 99.5 Å². The zero-order valence-electron chi connectivity index (χ0n) is 21.3. The van der Waals surface area contributed by atoms with Crippen LogP contribution in [0, 0.1) is 27.7 Å². The lowest BCUT2D eigenvalue weighted by Crippen LogP contribution is -2.28. The molecule has 2 heterocycles. The van der Waals surface area contributed by atoms with Crippen LogP contribution in [0.25, 0.3) is 16.8 Å². The molecule has 34 heavy (non-hydrogen) atoms. The summed E-state index contributed by atoms with van der Waals surface area (Å²) < 4.78 is 7.48. The third-order valence-electron chi connectivity index (χ3n) is 6.64. The van der Waals surface area contributed by atoms with Gasteiger partial charge in [0.2, 0.25) is 0 Å². The van der Waals surface area contributed by atoms with E-state index in [0.29, 0.717) is 17.7 Å². The highest BCUT2D eigenvalue weighted by Crippen LogP contribution is 2.37. The molecule has 180 valence electrons. The fraction of sp³-hybridized carbons (Fsp3) is 0.379. The summed E-state index contributed by atoms with van der Waals surface area (Å²) >= 11 is 0. The van der Waals surface area contributed by atoms with E-state index in [4.69, 9.17) is 4.74 Å². The van der Waals surface area contributed by atoms with Crippen molar-refractivity contribution in [3.63, 3.8) is 0 Å². The van der Waals surface area contributed by atoms with E-state index in [0.717, 1.165) is 57.8 Å². The van der Waals surface area contributed by atoms with E-state index in [1.807, 2.05) is 65.0 Å². The predicted octanol–water partition coefficient (Wildman–Crippen LogP) is 6.28. The number of hydrogen-bond acceptors (Lipinski definition) is 3. The minimum absolute atomic E-state index is 0.182. The lowest BCUT2D eigenvalue weighted by atomic mass is 9.86. The first-order chi connectivity index (χ1) is 16.2. The number of aromatic nitrogens is 1. The van der Waals surface area contributed by atoms with E-state index in [1.54, 1.807) is 18.4 Å². The van der Waals surface area contributed by atoms with Crippen LogP contribution in [0.5, 0.6) is 5.75 Å². The molecular weight excluding hydrogens is 426 g/mol. The summed E-state index contributed by atoms with van der Waals surface area (Å²) in [5.74, 6) is -0.874. The van der Waals surface area contributed by atoms with Crippen molar-refractivity contribution in [1.82, 2.24) is 4.57 Å². The molecule has 0 bridgehead atoms. The normalized spacial score (nSPS) is 13.3. The van der Waals surface area contributed by atoms with Gasteiger partial charge in [-0.15, -0.1) is 0 Å². The minimum atomic E-state index is -0.946. The number of nitrogens with zero attached hydrogens (tertiary/aromatic N) is 1. The number of aryl methyl sites for hydroxylation is 3. The van der Waals surface area contributed by atoms with Crippen LogP contribution < -0.4 is 10.3 Å². The van der Waals surface area contributed by atoms with Crippen LogP contribution in [0.15, 0.2) is 41.2 Å². The summed E-state index contributed by atoms with van der Waals surface area (Å²) in [4.78, 5) is 25.5. The summed E-state index contributed by atoms with van der Waals surface area (Å²) in [6, 6.07) is 12.0. The Bertz CT molecular complexity index is 1290. The van der Waals surface area contributed by atoms with Crippen LogP contribution >= 0.6 is 0 Å². The molecule has 0 saturated carbocycles. The lowest BCUT2D eigenvalue weighted by Gasteiger charge is -2.24. The maximum absolute atomic E-state index is 13.5. The van der Waals surface area contributed by atoms with Gasteiger partial charge in [0.05, 0.1) is 12.5 Å². The molecule has 0 radical (unpaired) electrons. The topological polar surface area (TPSA) is 68.5 Å². The second-order valence-electron chi connectivity index (χ2n) is 8.74. The number of rotatable bonds is 4. The molecule has 1 unspecified atom stereocenters. The Labute approximate surface area is 202 Å². The zero-order chi connectivity index (χ0) is 25.2. The van der Waals surface area contributed by atoms with E-state index >= 15 is 0 Å². The van der Waals surface area contributed by atoms with Crippen molar-refractivity contribution < 1.29 is 14.6 Å². The van der Waals surface area contributed by atoms with E-state index < -0.39 is 11.9 Å². The number of fused-ring (bicyclic) bond motifs is 1. The number of carboxylic acid groups (broad SMARTS) is 1. The molecule has 3 aromatic rings. The van der Waals surface area contributed by atoms with E-state index in [1.165, 1.54) is 0 Å². The highest BCUT2D eigenvalue weighted by molar-refractivity contribution is 5.83. The minimum Gasteiger partial charge on any atom is -0.493 e. The van der Waals surface area contributed by atoms with Gasteiger partial charge in [0.1, 0.15) is 5.75 Å². The van der Waals surface area contributed by atoms with Crippen molar-refractivity contribution in [2.45, 2.75) is 67.2 Å². The number of carboxylic acids is 1. The number of carbonyl (C=O) groups is 1. The average molecular weight is 462 g/mol. The first-order valence-corrected chi connectivity index (χ1v) is 12.0. The highest BCUT2D eigenvalue weighted by atomic mass is 16.5. The second kappa shape index (κ2) is 10.3. The Kier molecular flexibility index (Phi) is 7.65. The molecule has 0 fully saturated rings. The monoisotopic (exact) mass is 461 g/mol. The number of pyridine rings is 1. The maximum Gasteiger partial charge on any atom is 0.310 e. The molecule has 5 nitrogen and oxygen atoms in total. The van der Waals surface area contributed by atoms with Gasteiger partial charge < -0.3 is 9.84 Å². The fourth-order valence-corrected chi connectivity index (χ4v) is 4.65. The molecule has 2 aromatic carbocycles. The smallest absolute Gasteiger partial charge is 0.310 e. The van der Waals surface area contributed by atoms with E-state index in [-0.39, 0.29) is 5.56 Å². The molecule has 1 aliphatic heterocycles. The Balaban J connectivity index is 0.00000158. The maximum atomic E-state index is 13.5. The van der Waals surface area contributed by atoms with Crippen LogP contribution in [-0.2, 0) is 11.2 Å². The van der Waals surface area contributed by atoms with Crippen LogP contribution in [0.1, 0.15) is 66.6 Å². The average Bonchev–Trinajstić information content (AvgIpc) is 2.84. The van der Waals surface area contributed by atoms with Gasteiger partial charge in [-0.2, -0.15) is 0 Å². The first-order valence-electron chi connectivity index (χ1n) is 12.0. The van der Waals surface area contributed by atoms with Crippen LogP contribution in [-0.4, -0.2) is 22.2 Å². The molecule has 0 spiro atoms. The summed E-state index contributed by atoms with van der Waals surface area (Å²) in [6.07, 6.45) is 1.87. The van der Waals surface area contributed by atoms with Gasteiger partial charge in [-0.25, -0.2) is 0 Å². The summed E-state index contributed by atoms with van der Waals surface area (Å²) in [6.45, 7) is 14.1. The van der Waals surface area contributed by atoms with Crippen LogP contribution in [0.4, 0.5) is 0 Å². The number of ether oxygens (including phenoxy) is 1. The van der Waals surface area contributed by atoms with Crippen molar-refractivity contribution in [2.24, 2.45) is 0 Å². The molecule has 5 heteroatoms. The third-order valence-corrected chi connectivity index (χ3v) is 6.64. The van der Waals surface area contributed by atoms with E-state index in [2.05, 4.69) is 6.07 Å². The molecule has 1 aliphatic rings. The summed E-state index contributed by atoms with van der Waals surface area (Å²) in [7, 11) is 0. The molecule has 1 aromatic heterocycles. The largest absolute Gasteiger partial charge is 0.493 e. The number of benzene rings is 2. The molecular formula is C29H35NO4. The van der Waals surface area contributed by atoms with E-state index in [9.17, 15) is 14.7 Å². The molecule has 0 saturated heterocycles. The predicted molar refractivity (Wildman–Crippen MR) is 138 cm³/mol. The van der Waals surface area contributed by atoms with Crippen LogP contribution in [0.2, 0.25) is 0 Å². The third kappa shape index (κ3) is 4.52. The number of hydrogen-bond donors (Lipinski definition) is 1. The van der Waals surface area contributed by atoms with Crippen molar-refractivity contribution in [3.8, 4) is 22.6 Å². The first kappa shape index (κ1) is 25.3. The van der Waals surface area contributed by atoms with Gasteiger partial charge >= 0.3 is 5.97 Å². The van der Waals surface area contributed by atoms with Gasteiger partial charge in [0.25, 0.3) is 5.56 Å². The quantitative estimate of drug-likeness (QED) is 0.497. The summed E-state index contributed by atoms with van der Waals surface area (Å²) in [5.41, 5.74) is 7.48. The lowest BCUT2D eigenvalue weighted by molar-refractivity contribution is -0.138. The zero-order valence-corrected chi connectivity index (χ0v) is 21.3. The molecule has 1 atom stereocenters. The SMILES string of the molecule is CC.Cc1ccc(-n2c(C)c(-c3ccc4c(c3)CCCO4)c(C(C)C(=O)O)c(C)c2=O)cc1C. The van der Waals surface area contributed by atoms with Crippen molar-refractivity contribution in [2.75, 3.05) is 6.61 Å². The van der Waals surface area contributed by atoms with Crippen molar-refractivity contribution >= 4 is 5.97 Å². The fourth-order valence-electron chi connectivity index (χ4n) is 4.65. The molecule has 0 aliphatic carbocycles. The molecule has 0 amide bonds.